The Morgan fingerprint density at radius 2 is 2.20 bits per heavy atom. The lowest BCUT2D eigenvalue weighted by Gasteiger charge is -2.45. The standard InChI is InChI=1S/C20H26N4O/c1-5-6-9-22-19-15-7-8-16-12(2)17(25)14(11-21)10-20(16,4)18(15)23-13(3)24-19/h10,12,16H,5-9H2,1-4H3,(H,22,23,24)/t12-,16-,20-/m0/s1. The molecule has 0 aliphatic heterocycles. The molecule has 0 aromatic carbocycles. The Morgan fingerprint density at radius 3 is 2.88 bits per heavy atom. The summed E-state index contributed by atoms with van der Waals surface area (Å²) >= 11 is 0. The Balaban J connectivity index is 2.12. The van der Waals surface area contributed by atoms with Gasteiger partial charge in [-0.05, 0) is 32.1 Å². The number of aryl methyl sites for hydroxylation is 1. The molecule has 0 amide bonds. The average molecular weight is 338 g/mol. The largest absolute Gasteiger partial charge is 0.370 e. The summed E-state index contributed by atoms with van der Waals surface area (Å²) in [4.78, 5) is 21.8. The number of hydrogen-bond donors (Lipinski definition) is 1. The van der Waals surface area contributed by atoms with Crippen molar-refractivity contribution in [3.63, 3.8) is 0 Å². The SMILES string of the molecule is CCCCNc1nc(C)nc2c1CC[C@H]1[C@H](C)C(=O)C(C#N)=C[C@]21C. The normalized spacial score (nSPS) is 27.8. The molecular formula is C20H26N4O. The maximum Gasteiger partial charge on any atom is 0.176 e. The van der Waals surface area contributed by atoms with Crippen molar-refractivity contribution >= 4 is 11.6 Å². The van der Waals surface area contributed by atoms with E-state index in [4.69, 9.17) is 4.98 Å². The second-order valence-corrected chi connectivity index (χ2v) is 7.48. The summed E-state index contributed by atoms with van der Waals surface area (Å²) in [5.74, 6) is 1.66. The second-order valence-electron chi connectivity index (χ2n) is 7.48. The van der Waals surface area contributed by atoms with Crippen LogP contribution in [0.5, 0.6) is 0 Å². The second kappa shape index (κ2) is 6.59. The van der Waals surface area contributed by atoms with E-state index in [1.54, 1.807) is 0 Å². The summed E-state index contributed by atoms with van der Waals surface area (Å²) in [5.41, 5.74) is 2.02. The minimum absolute atomic E-state index is 0.0273. The monoisotopic (exact) mass is 338 g/mol. The molecule has 132 valence electrons. The van der Waals surface area contributed by atoms with Crippen LogP contribution in [0.1, 0.15) is 57.1 Å². The lowest BCUT2D eigenvalue weighted by Crippen LogP contribution is -2.46. The third kappa shape index (κ3) is 2.84. The highest BCUT2D eigenvalue weighted by atomic mass is 16.1. The Morgan fingerprint density at radius 1 is 1.44 bits per heavy atom. The highest BCUT2D eigenvalue weighted by Crippen LogP contribution is 2.50. The number of nitrogens with one attached hydrogen (secondary N) is 1. The molecule has 0 saturated heterocycles. The first-order valence-corrected chi connectivity index (χ1v) is 9.21. The van der Waals surface area contributed by atoms with Crippen LogP contribution >= 0.6 is 0 Å². The molecule has 0 radical (unpaired) electrons. The number of nitriles is 1. The molecule has 5 heteroatoms. The van der Waals surface area contributed by atoms with Gasteiger partial charge in [0.1, 0.15) is 17.7 Å². The number of carbonyl (C=O) groups excluding carboxylic acids is 1. The van der Waals surface area contributed by atoms with Crippen molar-refractivity contribution < 1.29 is 4.79 Å². The number of carbonyl (C=O) groups is 1. The third-order valence-electron chi connectivity index (χ3n) is 5.77. The minimum atomic E-state index is -0.388. The number of ketones is 1. The molecule has 1 aromatic rings. The Hall–Kier alpha value is -2.22. The zero-order chi connectivity index (χ0) is 18.2. The number of nitrogens with zero attached hydrogens (tertiary/aromatic N) is 3. The molecule has 0 saturated carbocycles. The minimum Gasteiger partial charge on any atom is -0.370 e. The van der Waals surface area contributed by atoms with Crippen LogP contribution < -0.4 is 5.32 Å². The molecule has 0 bridgehead atoms. The third-order valence-corrected chi connectivity index (χ3v) is 5.77. The lowest BCUT2D eigenvalue weighted by molar-refractivity contribution is -0.121. The molecule has 1 heterocycles. The predicted octanol–water partition coefficient (Wildman–Crippen LogP) is 3.49. The van der Waals surface area contributed by atoms with Crippen molar-refractivity contribution in [2.75, 3.05) is 11.9 Å². The fourth-order valence-corrected chi connectivity index (χ4v) is 4.41. The van der Waals surface area contributed by atoms with Crippen LogP contribution in [0, 0.1) is 30.1 Å². The number of Topliss-reactive ketones (excluding diaryl/α,β-unsaturated/α-hetero) is 1. The molecule has 1 aromatic heterocycles. The highest BCUT2D eigenvalue weighted by Gasteiger charge is 2.49. The van der Waals surface area contributed by atoms with Gasteiger partial charge < -0.3 is 5.32 Å². The first-order valence-electron chi connectivity index (χ1n) is 9.21. The number of fused-ring (bicyclic) bond motifs is 3. The van der Waals surface area contributed by atoms with Crippen molar-refractivity contribution in [3.05, 3.63) is 28.7 Å². The van der Waals surface area contributed by atoms with E-state index in [9.17, 15) is 10.1 Å². The van der Waals surface area contributed by atoms with Crippen LogP contribution in [0.3, 0.4) is 0 Å². The van der Waals surface area contributed by atoms with Crippen LogP contribution in [0.2, 0.25) is 0 Å². The Bertz CT molecular complexity index is 777. The van der Waals surface area contributed by atoms with Gasteiger partial charge >= 0.3 is 0 Å². The Kier molecular flexibility index (Phi) is 4.64. The number of aromatic nitrogens is 2. The van der Waals surface area contributed by atoms with E-state index in [1.807, 2.05) is 19.9 Å². The van der Waals surface area contributed by atoms with Gasteiger partial charge in [-0.1, -0.05) is 33.3 Å². The first kappa shape index (κ1) is 17.6. The maximum atomic E-state index is 12.4. The van der Waals surface area contributed by atoms with E-state index < -0.39 is 0 Å². The van der Waals surface area contributed by atoms with Crippen LogP contribution in [0.25, 0.3) is 0 Å². The lowest BCUT2D eigenvalue weighted by atomic mass is 9.58. The van der Waals surface area contributed by atoms with Gasteiger partial charge in [-0.2, -0.15) is 5.26 Å². The van der Waals surface area contributed by atoms with Crippen LogP contribution in [-0.4, -0.2) is 22.3 Å². The van der Waals surface area contributed by atoms with Crippen LogP contribution in [0.4, 0.5) is 5.82 Å². The van der Waals surface area contributed by atoms with Gasteiger partial charge in [0, 0.05) is 23.4 Å². The van der Waals surface area contributed by atoms with Gasteiger partial charge in [-0.15, -0.1) is 0 Å². The van der Waals surface area contributed by atoms with Gasteiger partial charge in [0.15, 0.2) is 5.78 Å². The summed E-state index contributed by atoms with van der Waals surface area (Å²) in [6.45, 7) is 9.05. The molecule has 25 heavy (non-hydrogen) atoms. The predicted molar refractivity (Wildman–Crippen MR) is 97.2 cm³/mol. The summed E-state index contributed by atoms with van der Waals surface area (Å²) in [7, 11) is 0. The molecule has 0 spiro atoms. The van der Waals surface area contributed by atoms with E-state index in [0.717, 1.165) is 55.1 Å². The van der Waals surface area contributed by atoms with Crippen LogP contribution in [0.15, 0.2) is 11.6 Å². The number of unbranched alkanes of at least 4 members (excludes halogenated alkanes) is 1. The molecule has 2 aliphatic rings. The number of hydrogen-bond acceptors (Lipinski definition) is 5. The van der Waals surface area contributed by atoms with E-state index >= 15 is 0 Å². The van der Waals surface area contributed by atoms with Gasteiger partial charge in [0.2, 0.25) is 0 Å². The topological polar surface area (TPSA) is 78.7 Å². The molecule has 0 fully saturated rings. The molecule has 2 aliphatic carbocycles. The van der Waals surface area contributed by atoms with E-state index in [2.05, 4.69) is 30.2 Å². The summed E-state index contributed by atoms with van der Waals surface area (Å²) < 4.78 is 0. The van der Waals surface area contributed by atoms with E-state index in [0.29, 0.717) is 0 Å². The van der Waals surface area contributed by atoms with Crippen molar-refractivity contribution in [2.45, 2.75) is 58.8 Å². The molecular weight excluding hydrogens is 312 g/mol. The van der Waals surface area contributed by atoms with Crippen molar-refractivity contribution in [3.8, 4) is 6.07 Å². The van der Waals surface area contributed by atoms with E-state index in [1.165, 1.54) is 0 Å². The number of rotatable bonds is 4. The molecule has 3 rings (SSSR count). The van der Waals surface area contributed by atoms with E-state index in [-0.39, 0.29) is 28.6 Å². The summed E-state index contributed by atoms with van der Waals surface area (Å²) in [6.07, 6.45) is 5.88. The zero-order valence-electron chi connectivity index (χ0n) is 15.5. The fourth-order valence-electron chi connectivity index (χ4n) is 4.41. The van der Waals surface area contributed by atoms with Gasteiger partial charge in [-0.25, -0.2) is 9.97 Å². The fraction of sp³-hybridized carbons (Fsp3) is 0.600. The quantitative estimate of drug-likeness (QED) is 0.850. The number of anilines is 1. The summed E-state index contributed by atoms with van der Waals surface area (Å²) in [6, 6.07) is 2.10. The van der Waals surface area contributed by atoms with Crippen molar-refractivity contribution in [2.24, 2.45) is 11.8 Å². The average Bonchev–Trinajstić information content (AvgIpc) is 2.59. The maximum absolute atomic E-state index is 12.4. The van der Waals surface area contributed by atoms with Gasteiger partial charge in [0.25, 0.3) is 0 Å². The van der Waals surface area contributed by atoms with Crippen LogP contribution in [-0.2, 0) is 16.6 Å². The number of allylic oxidation sites excluding steroid dienone is 2. The van der Waals surface area contributed by atoms with Gasteiger partial charge in [0.05, 0.1) is 11.3 Å². The Labute approximate surface area is 149 Å². The van der Waals surface area contributed by atoms with Crippen molar-refractivity contribution in [1.82, 2.24) is 9.97 Å². The summed E-state index contributed by atoms with van der Waals surface area (Å²) in [5, 5.41) is 12.9. The molecule has 5 nitrogen and oxygen atoms in total. The molecule has 3 atom stereocenters. The highest BCUT2D eigenvalue weighted by molar-refractivity contribution is 6.02. The van der Waals surface area contributed by atoms with Gasteiger partial charge in [-0.3, -0.25) is 4.79 Å². The zero-order valence-corrected chi connectivity index (χ0v) is 15.5. The molecule has 0 unspecified atom stereocenters. The smallest absolute Gasteiger partial charge is 0.176 e. The molecule has 1 N–H and O–H groups in total. The first-order chi connectivity index (χ1) is 11.9. The van der Waals surface area contributed by atoms with Crippen molar-refractivity contribution in [1.29, 1.82) is 5.26 Å².